The normalized spacial score (nSPS) is 13.6. The van der Waals surface area contributed by atoms with Crippen LogP contribution in [-0.4, -0.2) is 50.7 Å². The van der Waals surface area contributed by atoms with Crippen molar-refractivity contribution in [3.8, 4) is 11.5 Å². The number of nitrogens with zero attached hydrogens (tertiary/aromatic N) is 1. The van der Waals surface area contributed by atoms with Crippen LogP contribution in [0.5, 0.6) is 11.5 Å². The van der Waals surface area contributed by atoms with Gasteiger partial charge in [-0.15, -0.1) is 0 Å². The summed E-state index contributed by atoms with van der Waals surface area (Å²) in [6.45, 7) is 3.42. The minimum atomic E-state index is -0.453. The molecule has 7 nitrogen and oxygen atoms in total. The van der Waals surface area contributed by atoms with E-state index in [-0.39, 0.29) is 17.8 Å². The fraction of sp³-hybridized carbons (Fsp3) is 0.360. The lowest BCUT2D eigenvalue weighted by Gasteiger charge is -2.16. The van der Waals surface area contributed by atoms with Gasteiger partial charge in [-0.1, -0.05) is 25.5 Å². The van der Waals surface area contributed by atoms with Gasteiger partial charge in [0.05, 0.1) is 25.5 Å². The number of amides is 2. The zero-order valence-corrected chi connectivity index (χ0v) is 19.2. The van der Waals surface area contributed by atoms with Crippen LogP contribution < -0.4 is 14.8 Å². The van der Waals surface area contributed by atoms with Crippen LogP contribution in [0.15, 0.2) is 48.2 Å². The van der Waals surface area contributed by atoms with Gasteiger partial charge in [0.15, 0.2) is 0 Å². The number of anilines is 1. The molecule has 1 aliphatic heterocycles. The van der Waals surface area contributed by atoms with Gasteiger partial charge in [-0.05, 0) is 42.7 Å². The molecule has 2 aromatic rings. The van der Waals surface area contributed by atoms with E-state index < -0.39 is 17.6 Å². The summed E-state index contributed by atoms with van der Waals surface area (Å²) in [5.41, 5.74) is 1.25. The summed E-state index contributed by atoms with van der Waals surface area (Å²) in [6.07, 6.45) is 2.53. The third-order valence-corrected chi connectivity index (χ3v) is 5.28. The second kappa shape index (κ2) is 11.5. The Morgan fingerprint density at radius 2 is 1.67 bits per heavy atom. The molecule has 1 heterocycles. The van der Waals surface area contributed by atoms with Crippen molar-refractivity contribution in [3.63, 3.8) is 0 Å². The summed E-state index contributed by atoms with van der Waals surface area (Å²) in [6, 6.07) is 10.6. The van der Waals surface area contributed by atoms with Crippen LogP contribution in [0.4, 0.5) is 10.1 Å². The van der Waals surface area contributed by atoms with Crippen molar-refractivity contribution in [2.45, 2.75) is 26.2 Å². The number of halogens is 1. The topological polar surface area (TPSA) is 77.1 Å². The molecular formula is C25H29FN2O5. The van der Waals surface area contributed by atoms with Crippen molar-refractivity contribution in [3.05, 3.63) is 59.5 Å². The predicted molar refractivity (Wildman–Crippen MR) is 124 cm³/mol. The van der Waals surface area contributed by atoms with E-state index in [9.17, 15) is 14.0 Å². The Balaban J connectivity index is 1.88. The van der Waals surface area contributed by atoms with Crippen molar-refractivity contribution in [2.75, 3.05) is 39.3 Å². The molecule has 0 radical (unpaired) electrons. The molecule has 1 aliphatic rings. The SMILES string of the molecule is CCCCOCCCN1C(=O)C(Nc2ccc(OC)cc2OC)=C(c2ccc(F)cc2)C1=O. The summed E-state index contributed by atoms with van der Waals surface area (Å²) < 4.78 is 29.7. The largest absolute Gasteiger partial charge is 0.497 e. The number of ether oxygens (including phenoxy) is 3. The number of carbonyl (C=O) groups excluding carboxylic acids is 2. The summed E-state index contributed by atoms with van der Waals surface area (Å²) >= 11 is 0. The number of hydrogen-bond donors (Lipinski definition) is 1. The van der Waals surface area contributed by atoms with Gasteiger partial charge in [-0.2, -0.15) is 0 Å². The van der Waals surface area contributed by atoms with Crippen LogP contribution in [0.25, 0.3) is 5.57 Å². The van der Waals surface area contributed by atoms with Crippen LogP contribution in [-0.2, 0) is 14.3 Å². The fourth-order valence-corrected chi connectivity index (χ4v) is 3.49. The number of hydrogen-bond acceptors (Lipinski definition) is 6. The molecular weight excluding hydrogens is 427 g/mol. The molecule has 0 bridgehead atoms. The Labute approximate surface area is 193 Å². The maximum Gasteiger partial charge on any atom is 0.278 e. The van der Waals surface area contributed by atoms with E-state index in [0.29, 0.717) is 42.4 Å². The van der Waals surface area contributed by atoms with Crippen molar-refractivity contribution in [1.82, 2.24) is 4.90 Å². The standard InChI is InChI=1S/C25H29FN2O5/c1-4-5-14-33-15-6-13-28-24(29)22(17-7-9-18(26)10-8-17)23(25(28)30)27-20-12-11-19(31-2)16-21(20)32-3/h7-12,16,27H,4-6,13-15H2,1-3H3. The van der Waals surface area contributed by atoms with Gasteiger partial charge < -0.3 is 19.5 Å². The summed E-state index contributed by atoms with van der Waals surface area (Å²) in [5.74, 6) is -0.281. The highest BCUT2D eigenvalue weighted by Crippen LogP contribution is 2.35. The van der Waals surface area contributed by atoms with E-state index in [0.717, 1.165) is 12.8 Å². The molecule has 8 heteroatoms. The van der Waals surface area contributed by atoms with Gasteiger partial charge in [0.1, 0.15) is 23.0 Å². The number of imide groups is 1. The van der Waals surface area contributed by atoms with E-state index in [4.69, 9.17) is 14.2 Å². The molecule has 0 saturated carbocycles. The second-order valence-corrected chi connectivity index (χ2v) is 7.53. The molecule has 0 atom stereocenters. The van der Waals surface area contributed by atoms with Crippen LogP contribution in [0.2, 0.25) is 0 Å². The van der Waals surface area contributed by atoms with Gasteiger partial charge >= 0.3 is 0 Å². The van der Waals surface area contributed by atoms with E-state index in [1.54, 1.807) is 25.3 Å². The maximum absolute atomic E-state index is 13.5. The third-order valence-electron chi connectivity index (χ3n) is 5.28. The average Bonchev–Trinajstić information content (AvgIpc) is 3.06. The molecule has 2 aromatic carbocycles. The summed E-state index contributed by atoms with van der Waals surface area (Å²) in [5, 5.41) is 3.07. The Morgan fingerprint density at radius 1 is 0.939 bits per heavy atom. The van der Waals surface area contributed by atoms with E-state index in [2.05, 4.69) is 12.2 Å². The lowest BCUT2D eigenvalue weighted by atomic mass is 10.0. The number of rotatable bonds is 12. The lowest BCUT2D eigenvalue weighted by Crippen LogP contribution is -2.34. The molecule has 2 amide bonds. The van der Waals surface area contributed by atoms with Crippen molar-refractivity contribution in [2.24, 2.45) is 0 Å². The van der Waals surface area contributed by atoms with Gasteiger partial charge in [-0.25, -0.2) is 4.39 Å². The van der Waals surface area contributed by atoms with E-state index in [1.807, 2.05) is 0 Å². The first-order chi connectivity index (χ1) is 16.0. The van der Waals surface area contributed by atoms with Crippen molar-refractivity contribution < 1.29 is 28.2 Å². The maximum atomic E-state index is 13.5. The number of unbranched alkanes of at least 4 members (excludes halogenated alkanes) is 1. The molecule has 33 heavy (non-hydrogen) atoms. The Kier molecular flexibility index (Phi) is 8.43. The molecule has 0 unspecified atom stereocenters. The average molecular weight is 457 g/mol. The second-order valence-electron chi connectivity index (χ2n) is 7.53. The number of nitrogens with one attached hydrogen (secondary N) is 1. The third kappa shape index (κ3) is 5.70. The molecule has 1 N–H and O–H groups in total. The number of methoxy groups -OCH3 is 2. The molecule has 0 spiro atoms. The van der Waals surface area contributed by atoms with Gasteiger partial charge in [-0.3, -0.25) is 14.5 Å². The molecule has 176 valence electrons. The highest BCUT2D eigenvalue weighted by molar-refractivity contribution is 6.36. The summed E-state index contributed by atoms with van der Waals surface area (Å²) in [4.78, 5) is 27.7. The first-order valence-corrected chi connectivity index (χ1v) is 10.9. The first-order valence-electron chi connectivity index (χ1n) is 10.9. The van der Waals surface area contributed by atoms with Crippen LogP contribution in [0.1, 0.15) is 31.7 Å². The van der Waals surface area contributed by atoms with E-state index in [1.165, 1.54) is 36.3 Å². The molecule has 0 fully saturated rings. The van der Waals surface area contributed by atoms with Gasteiger partial charge in [0.25, 0.3) is 11.8 Å². The minimum absolute atomic E-state index is 0.113. The highest BCUT2D eigenvalue weighted by atomic mass is 19.1. The van der Waals surface area contributed by atoms with Gasteiger partial charge in [0, 0.05) is 25.8 Å². The van der Waals surface area contributed by atoms with Crippen LogP contribution >= 0.6 is 0 Å². The van der Waals surface area contributed by atoms with Crippen molar-refractivity contribution in [1.29, 1.82) is 0 Å². The Morgan fingerprint density at radius 3 is 2.33 bits per heavy atom. The number of carbonyl (C=O) groups is 2. The lowest BCUT2D eigenvalue weighted by molar-refractivity contribution is -0.137. The summed E-state index contributed by atoms with van der Waals surface area (Å²) in [7, 11) is 3.04. The zero-order chi connectivity index (χ0) is 23.8. The predicted octanol–water partition coefficient (Wildman–Crippen LogP) is 4.24. The van der Waals surface area contributed by atoms with E-state index >= 15 is 0 Å². The molecule has 3 rings (SSSR count). The zero-order valence-electron chi connectivity index (χ0n) is 19.2. The Bertz CT molecular complexity index is 1020. The highest BCUT2D eigenvalue weighted by Gasteiger charge is 2.39. The minimum Gasteiger partial charge on any atom is -0.497 e. The fourth-order valence-electron chi connectivity index (χ4n) is 3.49. The first kappa shape index (κ1) is 24.3. The van der Waals surface area contributed by atoms with Crippen LogP contribution in [0, 0.1) is 5.82 Å². The van der Waals surface area contributed by atoms with Crippen molar-refractivity contribution >= 4 is 23.1 Å². The molecule has 0 aromatic heterocycles. The van der Waals surface area contributed by atoms with Gasteiger partial charge in [0.2, 0.25) is 0 Å². The quantitative estimate of drug-likeness (QED) is 0.380. The smallest absolute Gasteiger partial charge is 0.278 e. The molecule has 0 saturated heterocycles. The van der Waals surface area contributed by atoms with Crippen LogP contribution in [0.3, 0.4) is 0 Å². The Hall–Kier alpha value is -3.39. The monoisotopic (exact) mass is 456 g/mol. The number of benzene rings is 2. The molecule has 0 aliphatic carbocycles.